The standard InChI is InChI=1S/C10H20Br2N.BrH/c1-5-13(6-2,7-3)8-10(12)9(4)11;/h5-8H2,1-4H3;1H/q+1;/p-1/b10-9+;. The second-order valence-electron chi connectivity index (χ2n) is 3.39. The van der Waals surface area contributed by atoms with E-state index in [1.165, 1.54) is 28.6 Å². The average molecular weight is 394 g/mol. The second kappa shape index (κ2) is 8.31. The second-order valence-corrected chi connectivity index (χ2v) is 5.53. The highest BCUT2D eigenvalue weighted by Gasteiger charge is 2.21. The molecule has 0 spiro atoms. The van der Waals surface area contributed by atoms with Gasteiger partial charge in [0.15, 0.2) is 0 Å². The lowest BCUT2D eigenvalue weighted by Crippen LogP contribution is -3.00. The maximum atomic E-state index is 3.62. The van der Waals surface area contributed by atoms with Crippen molar-refractivity contribution < 1.29 is 21.5 Å². The molecule has 0 amide bonds. The predicted octanol–water partition coefficient (Wildman–Crippen LogP) is 0.888. The highest BCUT2D eigenvalue weighted by molar-refractivity contribution is 9.14. The molecule has 14 heavy (non-hydrogen) atoms. The molecule has 0 radical (unpaired) electrons. The van der Waals surface area contributed by atoms with E-state index in [1.54, 1.807) is 0 Å². The summed E-state index contributed by atoms with van der Waals surface area (Å²) in [5.41, 5.74) is 0. The average Bonchev–Trinajstić information content (AvgIpc) is 2.14. The van der Waals surface area contributed by atoms with Crippen molar-refractivity contribution in [2.45, 2.75) is 27.7 Å². The molecule has 0 aliphatic carbocycles. The molecule has 0 aromatic heterocycles. The molecule has 1 nitrogen and oxygen atoms in total. The number of nitrogens with zero attached hydrogens (tertiary/aromatic N) is 1. The summed E-state index contributed by atoms with van der Waals surface area (Å²) in [6.45, 7) is 13.6. The van der Waals surface area contributed by atoms with Gasteiger partial charge in [0.05, 0.1) is 24.1 Å². The Morgan fingerprint density at radius 3 is 1.57 bits per heavy atom. The molecule has 0 aliphatic rings. The first-order valence-corrected chi connectivity index (χ1v) is 6.45. The van der Waals surface area contributed by atoms with Gasteiger partial charge in [0.1, 0.15) is 6.54 Å². The van der Waals surface area contributed by atoms with E-state index in [1.807, 2.05) is 0 Å². The molecule has 0 unspecified atom stereocenters. The van der Waals surface area contributed by atoms with Crippen LogP contribution in [-0.2, 0) is 0 Å². The molecule has 0 rings (SSSR count). The first kappa shape index (κ1) is 17.5. The zero-order valence-corrected chi connectivity index (χ0v) is 14.2. The number of halogens is 3. The zero-order valence-electron chi connectivity index (χ0n) is 9.41. The molecule has 0 aliphatic heterocycles. The van der Waals surface area contributed by atoms with E-state index in [2.05, 4.69) is 59.6 Å². The number of likely N-dealkylation sites (N-methyl/N-ethyl adjacent to an activating group) is 1. The Hall–Kier alpha value is 1.14. The summed E-state index contributed by atoms with van der Waals surface area (Å²) >= 11 is 7.12. The lowest BCUT2D eigenvalue weighted by Gasteiger charge is -2.35. The lowest BCUT2D eigenvalue weighted by molar-refractivity contribution is -0.918. The van der Waals surface area contributed by atoms with Crippen LogP contribution < -0.4 is 17.0 Å². The van der Waals surface area contributed by atoms with Gasteiger partial charge in [-0.05, 0) is 43.6 Å². The number of allylic oxidation sites excluding steroid dienone is 1. The third kappa shape index (κ3) is 5.29. The molecule has 4 heteroatoms. The fourth-order valence-electron chi connectivity index (χ4n) is 1.41. The van der Waals surface area contributed by atoms with E-state index >= 15 is 0 Å². The van der Waals surface area contributed by atoms with Crippen LogP contribution in [0.25, 0.3) is 0 Å². The summed E-state index contributed by atoms with van der Waals surface area (Å²) in [6.07, 6.45) is 0. The highest BCUT2D eigenvalue weighted by Crippen LogP contribution is 2.21. The summed E-state index contributed by atoms with van der Waals surface area (Å²) in [7, 11) is 0. The Morgan fingerprint density at radius 2 is 1.36 bits per heavy atom. The van der Waals surface area contributed by atoms with Crippen LogP contribution in [0.3, 0.4) is 0 Å². The molecule has 0 atom stereocenters. The van der Waals surface area contributed by atoms with Crippen molar-refractivity contribution in [3.8, 4) is 0 Å². The monoisotopic (exact) mass is 391 g/mol. The van der Waals surface area contributed by atoms with E-state index in [-0.39, 0.29) is 17.0 Å². The van der Waals surface area contributed by atoms with E-state index in [4.69, 9.17) is 0 Å². The molecule has 0 bridgehead atoms. The van der Waals surface area contributed by atoms with Crippen LogP contribution in [-0.4, -0.2) is 30.7 Å². The minimum Gasteiger partial charge on any atom is -1.00 e. The van der Waals surface area contributed by atoms with Crippen molar-refractivity contribution in [2.24, 2.45) is 0 Å². The van der Waals surface area contributed by atoms with Gasteiger partial charge < -0.3 is 21.5 Å². The van der Waals surface area contributed by atoms with Crippen LogP contribution in [0.1, 0.15) is 27.7 Å². The number of hydrogen-bond acceptors (Lipinski definition) is 0. The van der Waals surface area contributed by atoms with Crippen molar-refractivity contribution in [1.29, 1.82) is 0 Å². The normalized spacial score (nSPS) is 13.3. The molecule has 0 N–H and O–H groups in total. The molecule has 0 aromatic rings. The Morgan fingerprint density at radius 1 is 1.00 bits per heavy atom. The molecular weight excluding hydrogens is 374 g/mol. The predicted molar refractivity (Wildman–Crippen MR) is 67.3 cm³/mol. The Kier molecular flexibility index (Phi) is 10.4. The highest BCUT2D eigenvalue weighted by atomic mass is 79.9. The maximum absolute atomic E-state index is 3.62. The minimum absolute atomic E-state index is 0. The molecule has 0 heterocycles. The smallest absolute Gasteiger partial charge is 0.112 e. The number of hydrogen-bond donors (Lipinski definition) is 0. The fraction of sp³-hybridized carbons (Fsp3) is 0.800. The van der Waals surface area contributed by atoms with E-state index in [0.717, 1.165) is 11.0 Å². The third-order valence-electron chi connectivity index (χ3n) is 2.86. The molecule has 0 fully saturated rings. The maximum Gasteiger partial charge on any atom is 0.112 e. The summed E-state index contributed by atoms with van der Waals surface area (Å²) in [5, 5.41) is 0. The van der Waals surface area contributed by atoms with Gasteiger partial charge in [-0.25, -0.2) is 0 Å². The van der Waals surface area contributed by atoms with Gasteiger partial charge >= 0.3 is 0 Å². The minimum atomic E-state index is 0. The van der Waals surface area contributed by atoms with Crippen LogP contribution >= 0.6 is 31.9 Å². The lowest BCUT2D eigenvalue weighted by atomic mass is 10.3. The van der Waals surface area contributed by atoms with Crippen LogP contribution in [0.4, 0.5) is 0 Å². The van der Waals surface area contributed by atoms with Crippen molar-refractivity contribution in [3.05, 3.63) is 8.96 Å². The third-order valence-corrected chi connectivity index (χ3v) is 4.72. The van der Waals surface area contributed by atoms with Crippen molar-refractivity contribution in [3.63, 3.8) is 0 Å². The van der Waals surface area contributed by atoms with Crippen molar-refractivity contribution in [2.75, 3.05) is 26.2 Å². The quantitative estimate of drug-likeness (QED) is 0.608. The summed E-state index contributed by atoms with van der Waals surface area (Å²) < 4.78 is 3.66. The van der Waals surface area contributed by atoms with Crippen molar-refractivity contribution >= 4 is 31.9 Å². The molecule has 0 saturated carbocycles. The van der Waals surface area contributed by atoms with Gasteiger partial charge in [-0.1, -0.05) is 15.9 Å². The van der Waals surface area contributed by atoms with E-state index < -0.39 is 0 Å². The zero-order chi connectivity index (χ0) is 10.5. The molecular formula is C10H20Br3N. The molecule has 86 valence electrons. The fourth-order valence-corrected chi connectivity index (χ4v) is 2.07. The van der Waals surface area contributed by atoms with Gasteiger partial charge in [0.25, 0.3) is 0 Å². The largest absolute Gasteiger partial charge is 1.00 e. The van der Waals surface area contributed by atoms with Crippen LogP contribution in [0.15, 0.2) is 8.96 Å². The van der Waals surface area contributed by atoms with Crippen LogP contribution in [0.5, 0.6) is 0 Å². The van der Waals surface area contributed by atoms with Gasteiger partial charge in [-0.2, -0.15) is 0 Å². The van der Waals surface area contributed by atoms with E-state index in [0.29, 0.717) is 0 Å². The Labute approximate surface area is 116 Å². The molecule has 0 aromatic carbocycles. The first-order valence-electron chi connectivity index (χ1n) is 4.87. The van der Waals surface area contributed by atoms with Gasteiger partial charge in [-0.15, -0.1) is 0 Å². The van der Waals surface area contributed by atoms with Crippen molar-refractivity contribution in [1.82, 2.24) is 0 Å². The topological polar surface area (TPSA) is 0 Å². The van der Waals surface area contributed by atoms with Crippen LogP contribution in [0.2, 0.25) is 0 Å². The van der Waals surface area contributed by atoms with Gasteiger partial charge in [0.2, 0.25) is 0 Å². The van der Waals surface area contributed by atoms with Gasteiger partial charge in [0, 0.05) is 4.48 Å². The number of quaternary nitrogens is 1. The summed E-state index contributed by atoms with van der Waals surface area (Å²) in [4.78, 5) is 0. The van der Waals surface area contributed by atoms with E-state index in [9.17, 15) is 0 Å². The number of rotatable bonds is 5. The summed E-state index contributed by atoms with van der Waals surface area (Å²) in [6, 6.07) is 0. The summed E-state index contributed by atoms with van der Waals surface area (Å²) in [5.74, 6) is 0. The Balaban J connectivity index is 0. The Bertz CT molecular complexity index is 174. The first-order chi connectivity index (χ1) is 6.01. The molecule has 0 saturated heterocycles. The SMILES string of the molecule is CC[N+](CC)(CC)C/C(Br)=C(/C)Br.[Br-]. The van der Waals surface area contributed by atoms with Gasteiger partial charge in [-0.3, -0.25) is 0 Å². The van der Waals surface area contributed by atoms with Crippen LogP contribution in [0, 0.1) is 0 Å².